The van der Waals surface area contributed by atoms with E-state index in [9.17, 15) is 4.79 Å². The van der Waals surface area contributed by atoms with Crippen LogP contribution in [0.15, 0.2) is 0 Å². The van der Waals surface area contributed by atoms with Crippen LogP contribution in [0.25, 0.3) is 11.0 Å². The zero-order valence-electron chi connectivity index (χ0n) is 16.4. The molecule has 26 heavy (non-hydrogen) atoms. The van der Waals surface area contributed by atoms with Crippen molar-refractivity contribution in [1.29, 1.82) is 0 Å². The molecule has 1 aliphatic heterocycles. The summed E-state index contributed by atoms with van der Waals surface area (Å²) in [5, 5.41) is 8.67. The van der Waals surface area contributed by atoms with Crippen LogP contribution < -0.4 is 10.1 Å². The molecule has 0 unspecified atom stereocenters. The normalized spacial score (nSPS) is 15.4. The number of amides is 1. The summed E-state index contributed by atoms with van der Waals surface area (Å²) in [4.78, 5) is 19.3. The summed E-state index contributed by atoms with van der Waals surface area (Å²) in [5.74, 6) is 0.792. The quantitative estimate of drug-likeness (QED) is 0.880. The van der Waals surface area contributed by atoms with E-state index in [1.165, 1.54) is 0 Å². The summed E-state index contributed by atoms with van der Waals surface area (Å²) in [7, 11) is 5.43. The highest BCUT2D eigenvalue weighted by atomic mass is 16.5. The van der Waals surface area contributed by atoms with Gasteiger partial charge in [-0.2, -0.15) is 0 Å². The van der Waals surface area contributed by atoms with Gasteiger partial charge in [-0.3, -0.25) is 4.79 Å². The predicted molar refractivity (Wildman–Crippen MR) is 102 cm³/mol. The molecule has 1 amide bonds. The van der Waals surface area contributed by atoms with Crippen molar-refractivity contribution in [2.24, 2.45) is 7.05 Å². The van der Waals surface area contributed by atoms with Crippen molar-refractivity contribution >= 4 is 16.9 Å². The van der Waals surface area contributed by atoms with Gasteiger partial charge in [0.05, 0.1) is 12.5 Å². The molecule has 1 saturated heterocycles. The van der Waals surface area contributed by atoms with Crippen molar-refractivity contribution in [3.63, 3.8) is 0 Å². The first-order chi connectivity index (χ1) is 12.4. The van der Waals surface area contributed by atoms with Gasteiger partial charge in [0.1, 0.15) is 0 Å². The molecule has 7 heteroatoms. The number of methoxy groups -OCH3 is 1. The van der Waals surface area contributed by atoms with Crippen LogP contribution in [-0.4, -0.2) is 58.9 Å². The first-order valence-electron chi connectivity index (χ1n) is 9.27. The number of carbonyl (C=O) groups is 1. The third-order valence-corrected chi connectivity index (χ3v) is 5.55. The fourth-order valence-corrected chi connectivity index (χ4v) is 3.91. The highest BCUT2D eigenvalue weighted by Gasteiger charge is 2.23. The predicted octanol–water partition coefficient (Wildman–Crippen LogP) is 1.74. The number of pyridine rings is 1. The molecule has 1 N–H and O–H groups in total. The van der Waals surface area contributed by atoms with Crippen LogP contribution in [-0.2, 0) is 18.3 Å². The highest BCUT2D eigenvalue weighted by molar-refractivity contribution is 5.86. The average molecular weight is 359 g/mol. The van der Waals surface area contributed by atoms with Crippen molar-refractivity contribution < 1.29 is 9.53 Å². The van der Waals surface area contributed by atoms with E-state index in [-0.39, 0.29) is 5.91 Å². The molecule has 7 nitrogen and oxygen atoms in total. The lowest BCUT2D eigenvalue weighted by atomic mass is 9.99. The summed E-state index contributed by atoms with van der Waals surface area (Å²) in [6, 6.07) is 0.352. The number of aromatic nitrogens is 3. The molecule has 1 fully saturated rings. The Hall–Kier alpha value is -2.15. The van der Waals surface area contributed by atoms with Gasteiger partial charge in [0.15, 0.2) is 5.65 Å². The number of nitrogens with one attached hydrogen (secondary N) is 1. The number of carbonyl (C=O) groups excluding carboxylic acids is 1. The number of piperidine rings is 1. The van der Waals surface area contributed by atoms with E-state index in [1.807, 2.05) is 25.9 Å². The van der Waals surface area contributed by atoms with Gasteiger partial charge >= 0.3 is 0 Å². The van der Waals surface area contributed by atoms with Crippen LogP contribution in [0.1, 0.15) is 36.1 Å². The molecule has 0 aromatic carbocycles. The van der Waals surface area contributed by atoms with Gasteiger partial charge in [0.2, 0.25) is 11.8 Å². The fourth-order valence-electron chi connectivity index (χ4n) is 3.91. The molecule has 3 heterocycles. The van der Waals surface area contributed by atoms with Gasteiger partial charge in [-0.15, -0.1) is 5.10 Å². The Kier molecular flexibility index (Phi) is 5.46. The van der Waals surface area contributed by atoms with Crippen LogP contribution in [0.2, 0.25) is 0 Å². The van der Waals surface area contributed by atoms with Crippen molar-refractivity contribution in [2.45, 2.75) is 45.6 Å². The Bertz CT molecular complexity index is 808. The van der Waals surface area contributed by atoms with E-state index >= 15 is 0 Å². The smallest absolute Gasteiger partial charge is 0.242 e. The minimum atomic E-state index is 0.203. The maximum atomic E-state index is 12.7. The average Bonchev–Trinajstić information content (AvgIpc) is 2.97. The molecular weight excluding hydrogens is 330 g/mol. The van der Waals surface area contributed by atoms with Crippen molar-refractivity contribution in [3.8, 4) is 5.88 Å². The van der Waals surface area contributed by atoms with Gasteiger partial charge in [-0.25, -0.2) is 9.67 Å². The Morgan fingerprint density at radius 2 is 2.04 bits per heavy atom. The summed E-state index contributed by atoms with van der Waals surface area (Å²) < 4.78 is 7.16. The minimum absolute atomic E-state index is 0.203. The van der Waals surface area contributed by atoms with E-state index < -0.39 is 0 Å². The zero-order valence-corrected chi connectivity index (χ0v) is 16.4. The molecular formula is C19H29N5O2. The molecule has 1 aliphatic rings. The van der Waals surface area contributed by atoms with Crippen LogP contribution >= 0.6 is 0 Å². The van der Waals surface area contributed by atoms with Gasteiger partial charge in [-0.05, 0) is 57.3 Å². The monoisotopic (exact) mass is 359 g/mol. The highest BCUT2D eigenvalue weighted by Crippen LogP contribution is 2.30. The standard InChI is InChI=1S/C19H29N5O2/c1-12-15(6-7-16(25)23(3)14-8-10-20-11-9-14)13(2)21-18-17(12)19(26-5)22-24(18)4/h14,20H,6-11H2,1-5H3. The third kappa shape index (κ3) is 3.40. The topological polar surface area (TPSA) is 72.3 Å². The molecule has 2 aromatic rings. The first-order valence-corrected chi connectivity index (χ1v) is 9.27. The molecule has 0 saturated carbocycles. The molecule has 0 spiro atoms. The number of fused-ring (bicyclic) bond motifs is 1. The zero-order chi connectivity index (χ0) is 18.8. The minimum Gasteiger partial charge on any atom is -0.479 e. The molecule has 0 radical (unpaired) electrons. The Morgan fingerprint density at radius 1 is 1.35 bits per heavy atom. The summed E-state index contributed by atoms with van der Waals surface area (Å²) in [6.07, 6.45) is 3.24. The third-order valence-electron chi connectivity index (χ3n) is 5.55. The Balaban J connectivity index is 1.79. The van der Waals surface area contributed by atoms with Gasteiger partial charge < -0.3 is 15.0 Å². The number of hydrogen-bond acceptors (Lipinski definition) is 5. The molecule has 3 rings (SSSR count). The van der Waals surface area contributed by atoms with Gasteiger partial charge in [0, 0.05) is 32.3 Å². The lowest BCUT2D eigenvalue weighted by molar-refractivity contribution is -0.132. The van der Waals surface area contributed by atoms with Crippen LogP contribution in [0, 0.1) is 13.8 Å². The number of nitrogens with zero attached hydrogens (tertiary/aromatic N) is 4. The van der Waals surface area contributed by atoms with Crippen LogP contribution in [0.3, 0.4) is 0 Å². The number of hydrogen-bond donors (Lipinski definition) is 1. The van der Waals surface area contributed by atoms with E-state index in [2.05, 4.69) is 17.3 Å². The maximum absolute atomic E-state index is 12.7. The maximum Gasteiger partial charge on any atom is 0.242 e. The van der Waals surface area contributed by atoms with E-state index in [0.717, 1.165) is 53.8 Å². The molecule has 0 bridgehead atoms. The second kappa shape index (κ2) is 7.61. The lowest BCUT2D eigenvalue weighted by Gasteiger charge is -2.31. The number of rotatable bonds is 5. The SMILES string of the molecule is COc1nn(C)c2nc(C)c(CCC(=O)N(C)C3CCNCC3)c(C)c12. The van der Waals surface area contributed by atoms with Crippen LogP contribution in [0.5, 0.6) is 5.88 Å². The molecule has 142 valence electrons. The van der Waals surface area contributed by atoms with Crippen molar-refractivity contribution in [2.75, 3.05) is 27.2 Å². The number of aryl methyl sites for hydroxylation is 3. The lowest BCUT2D eigenvalue weighted by Crippen LogP contribution is -2.44. The Morgan fingerprint density at radius 3 is 2.69 bits per heavy atom. The van der Waals surface area contributed by atoms with Gasteiger partial charge in [-0.1, -0.05) is 0 Å². The van der Waals surface area contributed by atoms with E-state index in [4.69, 9.17) is 9.72 Å². The van der Waals surface area contributed by atoms with Crippen molar-refractivity contribution in [3.05, 3.63) is 16.8 Å². The molecule has 2 aromatic heterocycles. The molecule has 0 aliphatic carbocycles. The summed E-state index contributed by atoms with van der Waals surface area (Å²) in [5.41, 5.74) is 4.00. The summed E-state index contributed by atoms with van der Waals surface area (Å²) >= 11 is 0. The van der Waals surface area contributed by atoms with E-state index in [0.29, 0.717) is 24.8 Å². The second-order valence-corrected chi connectivity index (χ2v) is 7.12. The first kappa shape index (κ1) is 18.6. The largest absolute Gasteiger partial charge is 0.479 e. The van der Waals surface area contributed by atoms with Crippen molar-refractivity contribution in [1.82, 2.24) is 25.0 Å². The van der Waals surface area contributed by atoms with Crippen LogP contribution in [0.4, 0.5) is 0 Å². The summed E-state index contributed by atoms with van der Waals surface area (Å²) in [6.45, 7) is 6.05. The second-order valence-electron chi connectivity index (χ2n) is 7.12. The Labute approximate surface area is 154 Å². The van der Waals surface area contributed by atoms with Gasteiger partial charge in [0.25, 0.3) is 0 Å². The number of ether oxygens (including phenoxy) is 1. The van der Waals surface area contributed by atoms with E-state index in [1.54, 1.807) is 11.8 Å². The molecule has 0 atom stereocenters. The fraction of sp³-hybridized carbons (Fsp3) is 0.632.